The quantitative estimate of drug-likeness (QED) is 0.629. The van der Waals surface area contributed by atoms with Crippen LogP contribution in [0.1, 0.15) is 43.0 Å². The van der Waals surface area contributed by atoms with E-state index >= 15 is 0 Å². The lowest BCUT2D eigenvalue weighted by atomic mass is 9.82. The van der Waals surface area contributed by atoms with Crippen molar-refractivity contribution in [2.45, 2.75) is 31.8 Å². The molecule has 1 saturated heterocycles. The second-order valence-electron chi connectivity index (χ2n) is 6.46. The fraction of sp³-hybridized carbons (Fsp3) is 0.300. The molecule has 0 aromatic heterocycles. The van der Waals surface area contributed by atoms with Crippen molar-refractivity contribution in [2.24, 2.45) is 0 Å². The zero-order chi connectivity index (χ0) is 18.8. The number of benzene rings is 2. The Kier molecular flexibility index (Phi) is 5.12. The van der Waals surface area contributed by atoms with Crippen LogP contribution in [0.2, 0.25) is 0 Å². The minimum atomic E-state index is -0.513. The van der Waals surface area contributed by atoms with E-state index in [0.29, 0.717) is 5.56 Å². The number of ketones is 1. The van der Waals surface area contributed by atoms with Crippen molar-refractivity contribution in [1.82, 2.24) is 4.90 Å². The summed E-state index contributed by atoms with van der Waals surface area (Å²) >= 11 is 0. The summed E-state index contributed by atoms with van der Waals surface area (Å²) in [6.07, 6.45) is 0.0418. The first-order valence-corrected chi connectivity index (χ1v) is 8.42. The molecule has 0 unspecified atom stereocenters. The van der Waals surface area contributed by atoms with E-state index in [0.717, 1.165) is 11.3 Å². The van der Waals surface area contributed by atoms with Gasteiger partial charge in [-0.25, -0.2) is 4.39 Å². The SMILES string of the molecule is [B]c1cc(F)ccc1[C@H]1CC(=O)CC(=O)N1[C@@H](C)c1ccc(OC)cc1. The van der Waals surface area contributed by atoms with Crippen LogP contribution >= 0.6 is 0 Å². The summed E-state index contributed by atoms with van der Waals surface area (Å²) < 4.78 is 18.6. The number of halogens is 1. The number of likely N-dealkylation sites (tertiary alicyclic amines) is 1. The summed E-state index contributed by atoms with van der Waals surface area (Å²) in [5, 5.41) is 0. The number of carbonyl (C=O) groups excluding carboxylic acids is 2. The van der Waals surface area contributed by atoms with Crippen LogP contribution in [-0.2, 0) is 9.59 Å². The lowest BCUT2D eigenvalue weighted by Crippen LogP contribution is -2.44. The third-order valence-electron chi connectivity index (χ3n) is 4.82. The molecular weight excluding hydrogens is 332 g/mol. The predicted octanol–water partition coefficient (Wildman–Crippen LogP) is 2.62. The van der Waals surface area contributed by atoms with E-state index in [4.69, 9.17) is 12.6 Å². The molecule has 4 nitrogen and oxygen atoms in total. The Bertz CT molecular complexity index is 837. The number of carbonyl (C=O) groups is 2. The number of methoxy groups -OCH3 is 1. The number of ether oxygens (including phenoxy) is 1. The maximum Gasteiger partial charge on any atom is 0.231 e. The summed E-state index contributed by atoms with van der Waals surface area (Å²) in [5.74, 6) is -0.116. The molecule has 2 radical (unpaired) electrons. The molecule has 2 aromatic carbocycles. The first kappa shape index (κ1) is 18.2. The van der Waals surface area contributed by atoms with Gasteiger partial charge >= 0.3 is 0 Å². The Balaban J connectivity index is 1.99. The van der Waals surface area contributed by atoms with Gasteiger partial charge in [-0.2, -0.15) is 0 Å². The average Bonchev–Trinajstić information content (AvgIpc) is 2.60. The van der Waals surface area contributed by atoms with E-state index in [1.807, 2.05) is 31.2 Å². The summed E-state index contributed by atoms with van der Waals surface area (Å²) in [6.45, 7) is 1.90. The Morgan fingerprint density at radius 3 is 2.50 bits per heavy atom. The second kappa shape index (κ2) is 7.32. The van der Waals surface area contributed by atoms with Crippen LogP contribution in [0.25, 0.3) is 0 Å². The Hall–Kier alpha value is -2.63. The van der Waals surface area contributed by atoms with Gasteiger partial charge in [0, 0.05) is 6.42 Å². The normalized spacial score (nSPS) is 18.7. The molecule has 2 atom stereocenters. The van der Waals surface area contributed by atoms with Crippen LogP contribution in [-0.4, -0.2) is 31.5 Å². The minimum Gasteiger partial charge on any atom is -0.497 e. The van der Waals surface area contributed by atoms with E-state index in [2.05, 4.69) is 0 Å². The van der Waals surface area contributed by atoms with Crippen molar-refractivity contribution in [3.63, 3.8) is 0 Å². The smallest absolute Gasteiger partial charge is 0.231 e. The Morgan fingerprint density at radius 2 is 1.88 bits per heavy atom. The van der Waals surface area contributed by atoms with Crippen LogP contribution in [0.5, 0.6) is 5.75 Å². The maximum atomic E-state index is 13.4. The van der Waals surface area contributed by atoms with Crippen LogP contribution in [0, 0.1) is 5.82 Å². The molecule has 6 heteroatoms. The van der Waals surface area contributed by atoms with Crippen molar-refractivity contribution >= 4 is 25.0 Å². The zero-order valence-corrected chi connectivity index (χ0v) is 14.7. The molecule has 0 bridgehead atoms. The van der Waals surface area contributed by atoms with Gasteiger partial charge in [0.05, 0.1) is 25.6 Å². The monoisotopic (exact) mass is 351 g/mol. The Morgan fingerprint density at radius 1 is 1.19 bits per heavy atom. The van der Waals surface area contributed by atoms with Crippen molar-refractivity contribution in [3.05, 3.63) is 59.4 Å². The molecule has 26 heavy (non-hydrogen) atoms. The second-order valence-corrected chi connectivity index (χ2v) is 6.46. The Labute approximate surface area is 153 Å². The predicted molar refractivity (Wildman–Crippen MR) is 97.0 cm³/mol. The lowest BCUT2D eigenvalue weighted by molar-refractivity contribution is -0.145. The van der Waals surface area contributed by atoms with Gasteiger partial charge in [0.15, 0.2) is 0 Å². The van der Waals surface area contributed by atoms with Crippen LogP contribution in [0.4, 0.5) is 4.39 Å². The van der Waals surface area contributed by atoms with Crippen molar-refractivity contribution in [2.75, 3.05) is 7.11 Å². The van der Waals surface area contributed by atoms with E-state index in [-0.39, 0.29) is 36.0 Å². The van der Waals surface area contributed by atoms with Gasteiger partial charge in [0.2, 0.25) is 5.91 Å². The molecule has 2 aromatic rings. The summed E-state index contributed by atoms with van der Waals surface area (Å²) in [7, 11) is 7.57. The number of Topliss-reactive ketones (excluding diaryl/α,β-unsaturated/α-hetero) is 1. The molecule has 1 aliphatic rings. The summed E-state index contributed by atoms with van der Waals surface area (Å²) in [4.78, 5) is 26.4. The van der Waals surface area contributed by atoms with Crippen LogP contribution < -0.4 is 10.2 Å². The molecule has 0 spiro atoms. The maximum absolute atomic E-state index is 13.4. The number of rotatable bonds is 4. The summed E-state index contributed by atoms with van der Waals surface area (Å²) in [5.41, 5.74) is 1.75. The topological polar surface area (TPSA) is 46.6 Å². The molecule has 1 fully saturated rings. The molecular formula is C20H19BFNO3. The van der Waals surface area contributed by atoms with Crippen molar-refractivity contribution < 1.29 is 18.7 Å². The fourth-order valence-electron chi connectivity index (χ4n) is 3.46. The van der Waals surface area contributed by atoms with E-state index < -0.39 is 11.9 Å². The molecule has 3 rings (SSSR count). The number of amides is 1. The minimum absolute atomic E-state index is 0.127. The molecule has 1 aliphatic heterocycles. The van der Waals surface area contributed by atoms with Crippen LogP contribution in [0.15, 0.2) is 42.5 Å². The van der Waals surface area contributed by atoms with Gasteiger partial charge in [-0.15, -0.1) is 0 Å². The largest absolute Gasteiger partial charge is 0.497 e. The number of hydrogen-bond acceptors (Lipinski definition) is 3. The van der Waals surface area contributed by atoms with Gasteiger partial charge in [-0.3, -0.25) is 9.59 Å². The van der Waals surface area contributed by atoms with E-state index in [9.17, 15) is 14.0 Å². The third-order valence-corrected chi connectivity index (χ3v) is 4.82. The standard InChI is InChI=1S/C20H19BFNO3/c1-12(13-3-6-16(26-2)7-4-13)23-19(10-15(24)11-20(23)25)17-8-5-14(22)9-18(17)21/h3-9,12,19H,10-11H2,1-2H3/t12-,19+/m0/s1. The van der Waals surface area contributed by atoms with Gasteiger partial charge in [0.1, 0.15) is 25.2 Å². The fourth-order valence-corrected chi connectivity index (χ4v) is 3.46. The highest BCUT2D eigenvalue weighted by molar-refractivity contribution is 6.33. The molecule has 1 amide bonds. The third kappa shape index (κ3) is 3.50. The van der Waals surface area contributed by atoms with Crippen molar-refractivity contribution in [3.8, 4) is 5.75 Å². The van der Waals surface area contributed by atoms with Gasteiger partial charge in [0.25, 0.3) is 0 Å². The van der Waals surface area contributed by atoms with Gasteiger partial charge < -0.3 is 9.64 Å². The highest BCUT2D eigenvalue weighted by atomic mass is 19.1. The first-order valence-electron chi connectivity index (χ1n) is 8.42. The van der Waals surface area contributed by atoms with E-state index in [1.54, 1.807) is 18.1 Å². The highest BCUT2D eigenvalue weighted by Gasteiger charge is 2.37. The van der Waals surface area contributed by atoms with E-state index in [1.165, 1.54) is 12.1 Å². The average molecular weight is 351 g/mol. The summed E-state index contributed by atoms with van der Waals surface area (Å²) in [6, 6.07) is 10.7. The van der Waals surface area contributed by atoms with Gasteiger partial charge in [-0.05, 0) is 42.3 Å². The molecule has 1 heterocycles. The van der Waals surface area contributed by atoms with Crippen LogP contribution in [0.3, 0.4) is 0 Å². The zero-order valence-electron chi connectivity index (χ0n) is 14.7. The number of hydrogen-bond donors (Lipinski definition) is 0. The number of nitrogens with zero attached hydrogens (tertiary/aromatic N) is 1. The van der Waals surface area contributed by atoms with Gasteiger partial charge in [-0.1, -0.05) is 23.7 Å². The van der Waals surface area contributed by atoms with Crippen molar-refractivity contribution in [1.29, 1.82) is 0 Å². The molecule has 0 saturated carbocycles. The first-order chi connectivity index (χ1) is 12.4. The number of piperidine rings is 1. The molecule has 0 aliphatic carbocycles. The molecule has 132 valence electrons. The lowest BCUT2D eigenvalue weighted by Gasteiger charge is -2.40. The highest BCUT2D eigenvalue weighted by Crippen LogP contribution is 2.36. The molecule has 0 N–H and O–H groups in total.